The van der Waals surface area contributed by atoms with Crippen LogP contribution in [-0.2, 0) is 17.2 Å². The maximum atomic E-state index is 12.8. The third kappa shape index (κ3) is 3.94. The van der Waals surface area contributed by atoms with Gasteiger partial charge in [0, 0.05) is 30.1 Å². The first-order valence-corrected chi connectivity index (χ1v) is 12.6. The van der Waals surface area contributed by atoms with Gasteiger partial charge in [0.05, 0.1) is 28.6 Å². The van der Waals surface area contributed by atoms with Crippen molar-refractivity contribution in [2.24, 2.45) is 0 Å². The van der Waals surface area contributed by atoms with Gasteiger partial charge >= 0.3 is 0 Å². The van der Waals surface area contributed by atoms with Gasteiger partial charge in [-0.1, -0.05) is 12.0 Å². The van der Waals surface area contributed by atoms with Crippen molar-refractivity contribution in [2.75, 3.05) is 35.7 Å². The Kier molecular flexibility index (Phi) is 5.75. The smallest absolute Gasteiger partial charge is 0.157 e. The standard InChI is InChI=1S/C25H28N4O2S/c1-2-18-6-8-20(9-7-18)29-14-10-19(11-15-29)23-26-21-5-3-16-32(31)22(21)24(27-23)28-25(17-30)12-4-13-25/h1,6-10,30H,3-5,11-17H2,(H,26,27,28)/t32-/m0/s1. The van der Waals surface area contributed by atoms with Crippen LogP contribution in [0, 0.1) is 12.3 Å². The fourth-order valence-electron chi connectivity index (χ4n) is 4.66. The Morgan fingerprint density at radius 2 is 2.00 bits per heavy atom. The van der Waals surface area contributed by atoms with E-state index in [4.69, 9.17) is 16.4 Å². The van der Waals surface area contributed by atoms with Gasteiger partial charge in [-0.05, 0) is 68.4 Å². The number of nitrogens with one attached hydrogen (secondary N) is 1. The van der Waals surface area contributed by atoms with E-state index in [2.05, 4.69) is 34.3 Å². The molecule has 2 N–H and O–H groups in total. The second kappa shape index (κ2) is 8.68. The average Bonchev–Trinajstić information content (AvgIpc) is 2.81. The minimum Gasteiger partial charge on any atom is -0.394 e. The number of aromatic nitrogens is 2. The summed E-state index contributed by atoms with van der Waals surface area (Å²) in [5.41, 5.74) is 3.70. The molecule has 5 rings (SSSR count). The van der Waals surface area contributed by atoms with E-state index in [1.807, 2.05) is 12.1 Å². The van der Waals surface area contributed by atoms with Crippen molar-refractivity contribution in [3.63, 3.8) is 0 Å². The molecule has 1 saturated carbocycles. The lowest BCUT2D eigenvalue weighted by Crippen LogP contribution is -2.49. The molecule has 0 saturated heterocycles. The molecular formula is C25H28N4O2S. The molecule has 3 heterocycles. The molecule has 3 aliphatic rings. The van der Waals surface area contributed by atoms with Crippen LogP contribution in [0.5, 0.6) is 0 Å². The Morgan fingerprint density at radius 1 is 1.19 bits per heavy atom. The molecule has 0 bridgehead atoms. The molecule has 2 aliphatic heterocycles. The van der Waals surface area contributed by atoms with E-state index in [0.29, 0.717) is 11.6 Å². The van der Waals surface area contributed by atoms with Crippen molar-refractivity contribution in [1.29, 1.82) is 0 Å². The number of rotatable bonds is 5. The molecule has 1 fully saturated rings. The minimum atomic E-state index is -1.10. The van der Waals surface area contributed by atoms with Gasteiger partial charge in [-0.3, -0.25) is 4.21 Å². The highest BCUT2D eigenvalue weighted by Gasteiger charge is 2.38. The maximum Gasteiger partial charge on any atom is 0.157 e. The van der Waals surface area contributed by atoms with Crippen LogP contribution in [0.3, 0.4) is 0 Å². The summed E-state index contributed by atoms with van der Waals surface area (Å²) in [5, 5.41) is 13.4. The van der Waals surface area contributed by atoms with Crippen LogP contribution < -0.4 is 10.2 Å². The van der Waals surface area contributed by atoms with Gasteiger partial charge in [-0.15, -0.1) is 6.42 Å². The van der Waals surface area contributed by atoms with E-state index in [9.17, 15) is 9.32 Å². The summed E-state index contributed by atoms with van der Waals surface area (Å²) in [6, 6.07) is 8.06. The summed E-state index contributed by atoms with van der Waals surface area (Å²) in [6.45, 7) is 1.71. The van der Waals surface area contributed by atoms with Crippen molar-refractivity contribution in [3.8, 4) is 12.3 Å². The minimum absolute atomic E-state index is 0.0594. The largest absolute Gasteiger partial charge is 0.394 e. The third-order valence-electron chi connectivity index (χ3n) is 6.80. The quantitative estimate of drug-likeness (QED) is 0.685. The van der Waals surface area contributed by atoms with Gasteiger partial charge in [-0.25, -0.2) is 9.97 Å². The van der Waals surface area contributed by atoms with Crippen molar-refractivity contribution in [1.82, 2.24) is 9.97 Å². The first kappa shape index (κ1) is 21.2. The van der Waals surface area contributed by atoms with E-state index in [0.717, 1.165) is 84.9 Å². The third-order valence-corrected chi connectivity index (χ3v) is 8.34. The lowest BCUT2D eigenvalue weighted by molar-refractivity contribution is 0.143. The normalized spacial score (nSPS) is 21.7. The Labute approximate surface area is 191 Å². The molecule has 1 aliphatic carbocycles. The monoisotopic (exact) mass is 448 g/mol. The first-order chi connectivity index (χ1) is 15.6. The molecule has 0 unspecified atom stereocenters. The molecule has 0 amide bonds. The summed E-state index contributed by atoms with van der Waals surface area (Å²) in [5.74, 6) is 4.68. The van der Waals surface area contributed by atoms with E-state index in [-0.39, 0.29) is 12.1 Å². The predicted molar refractivity (Wildman–Crippen MR) is 128 cm³/mol. The number of fused-ring (bicyclic) bond motifs is 1. The molecule has 1 atom stereocenters. The molecule has 1 aromatic heterocycles. The molecule has 1 aromatic carbocycles. The Morgan fingerprint density at radius 3 is 2.62 bits per heavy atom. The van der Waals surface area contributed by atoms with Crippen LogP contribution in [-0.4, -0.2) is 50.3 Å². The van der Waals surface area contributed by atoms with Crippen LogP contribution in [0.25, 0.3) is 5.57 Å². The molecule has 0 spiro atoms. The molecule has 2 aromatic rings. The number of anilines is 2. The van der Waals surface area contributed by atoms with E-state index < -0.39 is 10.8 Å². The van der Waals surface area contributed by atoms with Crippen LogP contribution in [0.15, 0.2) is 35.2 Å². The Balaban J connectivity index is 1.43. The highest BCUT2D eigenvalue weighted by molar-refractivity contribution is 7.85. The highest BCUT2D eigenvalue weighted by atomic mass is 32.2. The molecule has 0 radical (unpaired) electrons. The number of nitrogens with zero attached hydrogens (tertiary/aromatic N) is 3. The lowest BCUT2D eigenvalue weighted by Gasteiger charge is -2.42. The van der Waals surface area contributed by atoms with Crippen molar-refractivity contribution < 1.29 is 9.32 Å². The Bertz CT molecular complexity index is 1110. The number of benzene rings is 1. The van der Waals surface area contributed by atoms with Gasteiger partial charge in [0.1, 0.15) is 10.7 Å². The summed E-state index contributed by atoms with van der Waals surface area (Å²) < 4.78 is 12.8. The van der Waals surface area contributed by atoms with Crippen molar-refractivity contribution in [3.05, 3.63) is 47.4 Å². The molecule has 32 heavy (non-hydrogen) atoms. The van der Waals surface area contributed by atoms with Crippen LogP contribution >= 0.6 is 0 Å². The maximum absolute atomic E-state index is 12.8. The zero-order chi connectivity index (χ0) is 22.1. The van der Waals surface area contributed by atoms with E-state index in [1.54, 1.807) is 0 Å². The van der Waals surface area contributed by atoms with Crippen LogP contribution in [0.1, 0.15) is 49.2 Å². The van der Waals surface area contributed by atoms with Gasteiger partial charge in [0.15, 0.2) is 5.82 Å². The predicted octanol–water partition coefficient (Wildman–Crippen LogP) is 3.13. The zero-order valence-electron chi connectivity index (χ0n) is 18.1. The van der Waals surface area contributed by atoms with Gasteiger partial charge < -0.3 is 15.3 Å². The van der Waals surface area contributed by atoms with Gasteiger partial charge in [0.2, 0.25) is 0 Å². The fraction of sp³-hybridized carbons (Fsp3) is 0.440. The molecule has 7 heteroatoms. The second-order valence-electron chi connectivity index (χ2n) is 8.86. The van der Waals surface area contributed by atoms with E-state index in [1.165, 1.54) is 0 Å². The van der Waals surface area contributed by atoms with Crippen molar-refractivity contribution >= 4 is 27.9 Å². The summed E-state index contributed by atoms with van der Waals surface area (Å²) >= 11 is 0. The molecule has 166 valence electrons. The topological polar surface area (TPSA) is 78.3 Å². The van der Waals surface area contributed by atoms with Crippen LogP contribution in [0.2, 0.25) is 0 Å². The first-order valence-electron chi connectivity index (χ1n) is 11.3. The van der Waals surface area contributed by atoms with Gasteiger partial charge in [-0.2, -0.15) is 0 Å². The van der Waals surface area contributed by atoms with Gasteiger partial charge in [0.25, 0.3) is 0 Å². The van der Waals surface area contributed by atoms with Crippen LogP contribution in [0.4, 0.5) is 11.5 Å². The number of terminal acetylenes is 1. The number of aliphatic hydroxyl groups is 1. The number of hydrogen-bond donors (Lipinski definition) is 2. The zero-order valence-corrected chi connectivity index (χ0v) is 19.0. The van der Waals surface area contributed by atoms with Crippen molar-refractivity contribution in [2.45, 2.75) is 49.0 Å². The SMILES string of the molecule is C#Cc1ccc(N2CC=C(c3nc4c(c(NC5(CO)CCC5)n3)[S@@](=O)CCC4)CC2)cc1. The molecular weight excluding hydrogens is 420 g/mol. The average molecular weight is 449 g/mol. The number of hydrogen-bond acceptors (Lipinski definition) is 6. The number of aryl methyl sites for hydroxylation is 1. The molecule has 6 nitrogen and oxygen atoms in total. The Hall–Kier alpha value is -2.69. The fourth-order valence-corrected chi connectivity index (χ4v) is 5.99. The van der Waals surface area contributed by atoms with E-state index >= 15 is 0 Å². The summed E-state index contributed by atoms with van der Waals surface area (Å²) in [6.07, 6.45) is 13.1. The summed E-state index contributed by atoms with van der Waals surface area (Å²) in [7, 11) is -1.10. The highest BCUT2D eigenvalue weighted by Crippen LogP contribution is 2.38. The second-order valence-corrected chi connectivity index (χ2v) is 10.4. The number of aliphatic hydroxyl groups excluding tert-OH is 1. The lowest BCUT2D eigenvalue weighted by atomic mass is 9.77. The summed E-state index contributed by atoms with van der Waals surface area (Å²) in [4.78, 5) is 12.8.